The fourth-order valence-electron chi connectivity index (χ4n) is 2.91. The van der Waals surface area contributed by atoms with Gasteiger partial charge in [-0.15, -0.1) is 0 Å². The molecular formula is C19H34N2O5. The molecule has 0 amide bonds. The van der Waals surface area contributed by atoms with E-state index in [1.54, 1.807) is 12.1 Å². The maximum absolute atomic E-state index is 9.86. The molecule has 1 aromatic carbocycles. The zero-order valence-electron chi connectivity index (χ0n) is 15.6. The molecule has 7 nitrogen and oxygen atoms in total. The highest BCUT2D eigenvalue weighted by atomic mass is 16.5. The summed E-state index contributed by atoms with van der Waals surface area (Å²) in [6, 6.07) is 5.11. The maximum atomic E-state index is 9.86. The first kappa shape index (κ1) is 22.8. The second kappa shape index (κ2) is 13.0. The summed E-state index contributed by atoms with van der Waals surface area (Å²) in [6.45, 7) is 2.01. The molecule has 0 saturated heterocycles. The second-order valence-corrected chi connectivity index (χ2v) is 6.61. The number of phenolic OH excluding ortho intramolecular Hbond substituents is 1. The third-order valence-electron chi connectivity index (χ3n) is 4.25. The van der Waals surface area contributed by atoms with Gasteiger partial charge in [-0.1, -0.05) is 45.1 Å². The summed E-state index contributed by atoms with van der Waals surface area (Å²) in [5.41, 5.74) is 1.79. The van der Waals surface area contributed by atoms with Crippen LogP contribution in [0.15, 0.2) is 18.2 Å². The van der Waals surface area contributed by atoms with E-state index < -0.39 is 18.7 Å². The third-order valence-corrected chi connectivity index (χ3v) is 4.25. The lowest BCUT2D eigenvalue weighted by Crippen LogP contribution is -2.41. The van der Waals surface area contributed by atoms with Crippen LogP contribution in [0.2, 0.25) is 0 Å². The predicted molar refractivity (Wildman–Crippen MR) is 100 cm³/mol. The Hall–Kier alpha value is -1.22. The van der Waals surface area contributed by atoms with E-state index in [0.717, 1.165) is 30.4 Å². The van der Waals surface area contributed by atoms with Gasteiger partial charge in [-0.05, 0) is 36.1 Å². The number of aryl methyl sites for hydroxylation is 1. The van der Waals surface area contributed by atoms with Crippen molar-refractivity contribution in [2.45, 2.75) is 70.6 Å². The molecule has 0 aliphatic carbocycles. The normalized spacial score (nSPS) is 11.8. The molecule has 0 fully saturated rings. The van der Waals surface area contributed by atoms with Crippen LogP contribution >= 0.6 is 0 Å². The van der Waals surface area contributed by atoms with E-state index in [1.807, 2.05) is 6.07 Å². The highest BCUT2D eigenvalue weighted by Gasteiger charge is 2.17. The van der Waals surface area contributed by atoms with Gasteiger partial charge < -0.3 is 25.5 Å². The SMILES string of the molecule is CCCCCCCCc1ccc(O)cc1C(NCC(O)O)NCC(O)O. The first-order chi connectivity index (χ1) is 12.4. The molecule has 0 radical (unpaired) electrons. The van der Waals surface area contributed by atoms with Gasteiger partial charge in [0.15, 0.2) is 12.6 Å². The lowest BCUT2D eigenvalue weighted by molar-refractivity contribution is -0.0463. The maximum Gasteiger partial charge on any atom is 0.164 e. The van der Waals surface area contributed by atoms with Gasteiger partial charge in [0.2, 0.25) is 0 Å². The first-order valence-corrected chi connectivity index (χ1v) is 9.44. The largest absolute Gasteiger partial charge is 0.508 e. The summed E-state index contributed by atoms with van der Waals surface area (Å²) < 4.78 is 0. The quantitative estimate of drug-likeness (QED) is 0.193. The predicted octanol–water partition coefficient (Wildman–Crippen LogP) is 1.09. The van der Waals surface area contributed by atoms with Crippen molar-refractivity contribution in [3.8, 4) is 5.75 Å². The minimum absolute atomic E-state index is 0.0920. The molecule has 26 heavy (non-hydrogen) atoms. The van der Waals surface area contributed by atoms with Crippen LogP contribution in [-0.2, 0) is 6.42 Å². The summed E-state index contributed by atoms with van der Waals surface area (Å²) in [7, 11) is 0. The van der Waals surface area contributed by atoms with Crippen LogP contribution in [0.3, 0.4) is 0 Å². The van der Waals surface area contributed by atoms with E-state index in [2.05, 4.69) is 17.6 Å². The highest BCUT2D eigenvalue weighted by molar-refractivity contribution is 5.37. The number of hydrogen-bond donors (Lipinski definition) is 7. The van der Waals surface area contributed by atoms with Crippen molar-refractivity contribution in [1.29, 1.82) is 0 Å². The van der Waals surface area contributed by atoms with Gasteiger partial charge in [-0.2, -0.15) is 0 Å². The minimum atomic E-state index is -1.53. The van der Waals surface area contributed by atoms with Gasteiger partial charge >= 0.3 is 0 Å². The molecule has 150 valence electrons. The number of unbranched alkanes of at least 4 members (excludes halogenated alkanes) is 5. The average Bonchev–Trinajstić information content (AvgIpc) is 2.58. The molecule has 0 atom stereocenters. The van der Waals surface area contributed by atoms with Gasteiger partial charge in [0, 0.05) is 13.1 Å². The molecule has 7 N–H and O–H groups in total. The van der Waals surface area contributed by atoms with Crippen molar-refractivity contribution in [3.05, 3.63) is 29.3 Å². The lowest BCUT2D eigenvalue weighted by Gasteiger charge is -2.24. The highest BCUT2D eigenvalue weighted by Crippen LogP contribution is 2.24. The number of phenols is 1. The monoisotopic (exact) mass is 370 g/mol. The van der Waals surface area contributed by atoms with Crippen LogP contribution in [0, 0.1) is 0 Å². The molecule has 0 aliphatic heterocycles. The molecular weight excluding hydrogens is 336 g/mol. The molecule has 0 aliphatic rings. The molecule has 1 rings (SSSR count). The van der Waals surface area contributed by atoms with E-state index in [0.29, 0.717) is 0 Å². The van der Waals surface area contributed by atoms with Gasteiger partial charge in [-0.3, -0.25) is 10.6 Å². The van der Waals surface area contributed by atoms with Gasteiger partial charge in [-0.25, -0.2) is 0 Å². The van der Waals surface area contributed by atoms with Gasteiger partial charge in [0.25, 0.3) is 0 Å². The van der Waals surface area contributed by atoms with Crippen molar-refractivity contribution < 1.29 is 25.5 Å². The number of aliphatic hydroxyl groups excluding tert-OH is 2. The Labute approximate surface area is 155 Å². The number of aromatic hydroxyl groups is 1. The zero-order chi connectivity index (χ0) is 19.4. The van der Waals surface area contributed by atoms with E-state index in [-0.39, 0.29) is 18.8 Å². The van der Waals surface area contributed by atoms with Crippen molar-refractivity contribution in [3.63, 3.8) is 0 Å². The van der Waals surface area contributed by atoms with Crippen LogP contribution in [0.4, 0.5) is 0 Å². The topological polar surface area (TPSA) is 125 Å². The first-order valence-electron chi connectivity index (χ1n) is 9.44. The molecule has 0 unspecified atom stereocenters. The van der Waals surface area contributed by atoms with E-state index in [4.69, 9.17) is 20.4 Å². The molecule has 1 aromatic rings. The van der Waals surface area contributed by atoms with Crippen molar-refractivity contribution >= 4 is 0 Å². The fraction of sp³-hybridized carbons (Fsp3) is 0.684. The Morgan fingerprint density at radius 1 is 0.846 bits per heavy atom. The fourth-order valence-corrected chi connectivity index (χ4v) is 2.91. The number of rotatable bonds is 14. The zero-order valence-corrected chi connectivity index (χ0v) is 15.6. The van der Waals surface area contributed by atoms with Crippen LogP contribution in [-0.4, -0.2) is 51.2 Å². The Morgan fingerprint density at radius 2 is 1.42 bits per heavy atom. The number of nitrogens with one attached hydrogen (secondary N) is 2. The number of hydrogen-bond acceptors (Lipinski definition) is 7. The van der Waals surface area contributed by atoms with Crippen LogP contribution in [0.25, 0.3) is 0 Å². The van der Waals surface area contributed by atoms with Crippen molar-refractivity contribution in [2.75, 3.05) is 13.1 Å². The summed E-state index contributed by atoms with van der Waals surface area (Å²) >= 11 is 0. The van der Waals surface area contributed by atoms with E-state index in [1.165, 1.54) is 25.7 Å². The lowest BCUT2D eigenvalue weighted by atomic mass is 9.98. The summed E-state index contributed by atoms with van der Waals surface area (Å²) in [5, 5.41) is 52.2. The summed E-state index contributed by atoms with van der Waals surface area (Å²) in [4.78, 5) is 0. The Morgan fingerprint density at radius 3 is 2.00 bits per heavy atom. The molecule has 0 heterocycles. The van der Waals surface area contributed by atoms with Crippen LogP contribution in [0.1, 0.15) is 62.7 Å². The van der Waals surface area contributed by atoms with Crippen molar-refractivity contribution in [1.82, 2.24) is 10.6 Å². The Bertz CT molecular complexity index is 485. The molecule has 0 saturated carbocycles. The molecule has 0 aromatic heterocycles. The summed E-state index contributed by atoms with van der Waals surface area (Å²) in [5.74, 6) is 0.106. The molecule has 0 bridgehead atoms. The van der Waals surface area contributed by atoms with Crippen LogP contribution in [0.5, 0.6) is 5.75 Å². The Kier molecular flexibility index (Phi) is 11.4. The standard InChI is InChI=1S/C19H34N2O5/c1-2-3-4-5-6-7-8-14-9-10-15(22)11-16(14)19(20-12-17(23)24)21-13-18(25)26/h9-11,17-26H,2-8,12-13H2,1H3. The van der Waals surface area contributed by atoms with E-state index >= 15 is 0 Å². The smallest absolute Gasteiger partial charge is 0.164 e. The third kappa shape index (κ3) is 9.47. The minimum Gasteiger partial charge on any atom is -0.508 e. The average molecular weight is 370 g/mol. The molecule has 7 heteroatoms. The van der Waals surface area contributed by atoms with E-state index in [9.17, 15) is 5.11 Å². The Balaban J connectivity index is 2.77. The van der Waals surface area contributed by atoms with Crippen LogP contribution < -0.4 is 10.6 Å². The number of benzene rings is 1. The second-order valence-electron chi connectivity index (χ2n) is 6.61. The van der Waals surface area contributed by atoms with Gasteiger partial charge in [0.05, 0.1) is 6.17 Å². The molecule has 0 spiro atoms. The number of aliphatic hydroxyl groups is 4. The summed E-state index contributed by atoms with van der Waals surface area (Å²) in [6.07, 6.45) is 4.32. The van der Waals surface area contributed by atoms with Crippen molar-refractivity contribution in [2.24, 2.45) is 0 Å². The van der Waals surface area contributed by atoms with Gasteiger partial charge in [0.1, 0.15) is 5.75 Å².